The highest BCUT2D eigenvalue weighted by atomic mass is 32.2. The summed E-state index contributed by atoms with van der Waals surface area (Å²) in [7, 11) is -0.122. The van der Waals surface area contributed by atoms with E-state index in [1.165, 1.54) is 30.8 Å². The van der Waals surface area contributed by atoms with Crippen molar-refractivity contribution in [1.29, 1.82) is 0 Å². The van der Waals surface area contributed by atoms with Crippen molar-refractivity contribution in [2.75, 3.05) is 23.7 Å². The summed E-state index contributed by atoms with van der Waals surface area (Å²) in [6, 6.07) is 6.38. The third kappa shape index (κ3) is 3.77. The van der Waals surface area contributed by atoms with E-state index in [-0.39, 0.29) is 4.90 Å². The molecule has 0 saturated carbocycles. The minimum absolute atomic E-state index is 0.133. The van der Waals surface area contributed by atoms with Crippen molar-refractivity contribution in [3.05, 3.63) is 48.8 Å². The Balaban J connectivity index is 1.80. The van der Waals surface area contributed by atoms with E-state index in [0.717, 1.165) is 5.56 Å². The van der Waals surface area contributed by atoms with Gasteiger partial charge in [0.15, 0.2) is 5.89 Å². The number of nitrogens with one attached hydrogen (secondary N) is 1. The molecule has 0 unspecified atom stereocenters. The zero-order valence-electron chi connectivity index (χ0n) is 14.0. The average molecular weight is 359 g/mol. The first-order valence-electron chi connectivity index (χ1n) is 7.40. The molecule has 1 N–H and O–H groups in total. The highest BCUT2D eigenvalue weighted by Gasteiger charge is 2.15. The number of anilines is 2. The van der Waals surface area contributed by atoms with Crippen LogP contribution in [0.1, 0.15) is 5.89 Å². The molecule has 0 fully saturated rings. The van der Waals surface area contributed by atoms with Crippen LogP contribution >= 0.6 is 0 Å². The summed E-state index contributed by atoms with van der Waals surface area (Å²) in [4.78, 5) is 14.2. The first kappa shape index (κ1) is 16.9. The molecule has 0 atom stereocenters. The monoisotopic (exact) mass is 359 g/mol. The molecular weight excluding hydrogens is 342 g/mol. The molecule has 3 aromatic rings. The van der Waals surface area contributed by atoms with Crippen molar-refractivity contribution >= 4 is 21.7 Å². The number of benzene rings is 1. The minimum Gasteiger partial charge on any atom is -0.449 e. The molecule has 3 rings (SSSR count). The first-order valence-corrected chi connectivity index (χ1v) is 8.88. The van der Waals surface area contributed by atoms with Gasteiger partial charge in [0.05, 0.1) is 23.0 Å². The highest BCUT2D eigenvalue weighted by Crippen LogP contribution is 2.22. The molecule has 1 aromatic carbocycles. The van der Waals surface area contributed by atoms with Gasteiger partial charge in [0.1, 0.15) is 12.0 Å². The zero-order chi connectivity index (χ0) is 18.0. The van der Waals surface area contributed by atoms with Gasteiger partial charge in [-0.3, -0.25) is 4.72 Å². The van der Waals surface area contributed by atoms with E-state index in [1.54, 1.807) is 38.1 Å². The number of aryl methyl sites for hydroxylation is 1. The number of sulfonamides is 1. The summed E-state index contributed by atoms with van der Waals surface area (Å²) in [5.74, 6) is 1.05. The number of hydrogen-bond donors (Lipinski definition) is 1. The van der Waals surface area contributed by atoms with Gasteiger partial charge in [-0.2, -0.15) is 0 Å². The van der Waals surface area contributed by atoms with Crippen LogP contribution in [0.5, 0.6) is 0 Å². The number of rotatable bonds is 5. The molecule has 0 saturated heterocycles. The van der Waals surface area contributed by atoms with Gasteiger partial charge in [-0.15, -0.1) is 0 Å². The van der Waals surface area contributed by atoms with Gasteiger partial charge < -0.3 is 9.32 Å². The maximum Gasteiger partial charge on any atom is 0.261 e. The van der Waals surface area contributed by atoms with Crippen LogP contribution in [0.2, 0.25) is 0 Å². The Morgan fingerprint density at radius 2 is 1.72 bits per heavy atom. The second kappa shape index (κ2) is 6.52. The van der Waals surface area contributed by atoms with Gasteiger partial charge in [-0.25, -0.2) is 23.4 Å². The fourth-order valence-corrected chi connectivity index (χ4v) is 3.15. The molecule has 0 bridgehead atoms. The van der Waals surface area contributed by atoms with Crippen LogP contribution in [0.3, 0.4) is 0 Å². The van der Waals surface area contributed by atoms with Crippen LogP contribution in [0.25, 0.3) is 11.3 Å². The lowest BCUT2D eigenvalue weighted by Gasteiger charge is -2.11. The Hall–Kier alpha value is -2.94. The van der Waals surface area contributed by atoms with Crippen molar-refractivity contribution in [2.24, 2.45) is 0 Å². The number of nitrogens with zero attached hydrogens (tertiary/aromatic N) is 4. The topological polar surface area (TPSA) is 101 Å². The lowest BCUT2D eigenvalue weighted by molar-refractivity contribution is 0.521. The van der Waals surface area contributed by atoms with Crippen molar-refractivity contribution in [2.45, 2.75) is 11.8 Å². The summed E-state index contributed by atoms with van der Waals surface area (Å²) < 4.78 is 32.5. The molecule has 8 nitrogen and oxygen atoms in total. The van der Waals surface area contributed by atoms with Crippen molar-refractivity contribution in [1.82, 2.24) is 15.0 Å². The molecule has 0 spiro atoms. The zero-order valence-corrected chi connectivity index (χ0v) is 14.8. The molecule has 0 aliphatic carbocycles. The summed E-state index contributed by atoms with van der Waals surface area (Å²) >= 11 is 0. The van der Waals surface area contributed by atoms with Gasteiger partial charge in [-0.05, 0) is 12.1 Å². The fourth-order valence-electron chi connectivity index (χ4n) is 2.12. The van der Waals surface area contributed by atoms with Gasteiger partial charge in [-0.1, -0.05) is 12.1 Å². The second-order valence-electron chi connectivity index (χ2n) is 5.55. The SMILES string of the molecule is Cc1nc(-c2ccc(S(=O)(=O)Nc3cnc(N(C)C)nc3)cc2)co1. The van der Waals surface area contributed by atoms with E-state index in [4.69, 9.17) is 4.42 Å². The lowest BCUT2D eigenvalue weighted by atomic mass is 10.2. The maximum absolute atomic E-state index is 12.5. The van der Waals surface area contributed by atoms with Crippen LogP contribution in [0.4, 0.5) is 11.6 Å². The third-order valence-electron chi connectivity index (χ3n) is 3.37. The van der Waals surface area contributed by atoms with Crippen molar-refractivity contribution in [3.8, 4) is 11.3 Å². The predicted octanol–water partition coefficient (Wildman–Crippen LogP) is 2.31. The highest BCUT2D eigenvalue weighted by molar-refractivity contribution is 7.92. The number of hydrogen-bond acceptors (Lipinski definition) is 7. The molecule has 2 aromatic heterocycles. The summed E-state index contributed by atoms with van der Waals surface area (Å²) in [5.41, 5.74) is 1.72. The van der Waals surface area contributed by atoms with Crippen LogP contribution in [-0.2, 0) is 10.0 Å². The first-order chi connectivity index (χ1) is 11.8. The molecule has 130 valence electrons. The predicted molar refractivity (Wildman–Crippen MR) is 93.8 cm³/mol. The molecule has 2 heterocycles. The van der Waals surface area contributed by atoms with Crippen LogP contribution in [0, 0.1) is 6.92 Å². The van der Waals surface area contributed by atoms with Gasteiger partial charge in [0, 0.05) is 26.6 Å². The van der Waals surface area contributed by atoms with E-state index in [2.05, 4.69) is 19.7 Å². The van der Waals surface area contributed by atoms with E-state index >= 15 is 0 Å². The summed E-state index contributed by atoms with van der Waals surface area (Å²) in [6.45, 7) is 1.75. The molecule has 0 radical (unpaired) electrons. The Morgan fingerprint density at radius 3 is 2.24 bits per heavy atom. The molecular formula is C16H17N5O3S. The smallest absolute Gasteiger partial charge is 0.261 e. The van der Waals surface area contributed by atoms with Crippen LogP contribution in [-0.4, -0.2) is 37.5 Å². The quantitative estimate of drug-likeness (QED) is 0.746. The third-order valence-corrected chi connectivity index (χ3v) is 4.77. The van der Waals surface area contributed by atoms with E-state index in [0.29, 0.717) is 23.2 Å². The number of oxazole rings is 1. The summed E-state index contributed by atoms with van der Waals surface area (Å²) in [6.07, 6.45) is 4.37. The molecule has 25 heavy (non-hydrogen) atoms. The van der Waals surface area contributed by atoms with E-state index in [1.807, 2.05) is 0 Å². The van der Waals surface area contributed by atoms with Gasteiger partial charge in [0.2, 0.25) is 5.95 Å². The average Bonchev–Trinajstić information content (AvgIpc) is 3.01. The van der Waals surface area contributed by atoms with E-state index < -0.39 is 10.0 Å². The van der Waals surface area contributed by atoms with Crippen molar-refractivity contribution < 1.29 is 12.8 Å². The van der Waals surface area contributed by atoms with Crippen molar-refractivity contribution in [3.63, 3.8) is 0 Å². The van der Waals surface area contributed by atoms with E-state index in [9.17, 15) is 8.42 Å². The normalized spacial score (nSPS) is 11.3. The second-order valence-corrected chi connectivity index (χ2v) is 7.23. The lowest BCUT2D eigenvalue weighted by Crippen LogP contribution is -2.15. The fraction of sp³-hybridized carbons (Fsp3) is 0.188. The Kier molecular flexibility index (Phi) is 4.41. The molecule has 9 heteroatoms. The standard InChI is InChI=1S/C16H17N5O3S/c1-11-19-15(10-24-11)12-4-6-14(7-5-12)25(22,23)20-13-8-17-16(18-9-13)21(2)3/h4-10,20H,1-3H3. The minimum atomic E-state index is -3.73. The Morgan fingerprint density at radius 1 is 1.08 bits per heavy atom. The largest absolute Gasteiger partial charge is 0.449 e. The van der Waals surface area contributed by atoms with Gasteiger partial charge in [0.25, 0.3) is 10.0 Å². The molecule has 0 aliphatic rings. The number of aromatic nitrogens is 3. The maximum atomic E-state index is 12.5. The van der Waals surface area contributed by atoms with Gasteiger partial charge >= 0.3 is 0 Å². The Bertz CT molecular complexity index is 964. The van der Waals surface area contributed by atoms with Crippen LogP contribution in [0.15, 0.2) is 52.2 Å². The Labute approximate surface area is 145 Å². The molecule has 0 aliphatic heterocycles. The van der Waals surface area contributed by atoms with Crippen LogP contribution < -0.4 is 9.62 Å². The summed E-state index contributed by atoms with van der Waals surface area (Å²) in [5, 5.41) is 0. The molecule has 0 amide bonds.